The second-order valence-corrected chi connectivity index (χ2v) is 4.10. The summed E-state index contributed by atoms with van der Waals surface area (Å²) >= 11 is 3.41. The molecule has 2 heteroatoms. The molecule has 0 atom stereocenters. The van der Waals surface area contributed by atoms with Crippen LogP contribution in [-0.2, 0) is 0 Å². The normalized spacial score (nSPS) is 10.4. The highest BCUT2D eigenvalue weighted by molar-refractivity contribution is 9.10. The fourth-order valence-corrected chi connectivity index (χ4v) is 1.24. The van der Waals surface area contributed by atoms with Crippen molar-refractivity contribution in [1.29, 1.82) is 0 Å². The number of anilines is 1. The monoisotopic (exact) mass is 227 g/mol. The van der Waals surface area contributed by atoms with Gasteiger partial charge < -0.3 is 4.90 Å². The minimum absolute atomic E-state index is 0.547. The molecule has 12 heavy (non-hydrogen) atoms. The first-order valence-corrected chi connectivity index (χ1v) is 4.89. The Labute approximate surface area is 82.5 Å². The number of halogens is 1. The lowest BCUT2D eigenvalue weighted by Gasteiger charge is -2.23. The predicted molar refractivity (Wildman–Crippen MR) is 57.7 cm³/mol. The van der Waals surface area contributed by atoms with Gasteiger partial charge in [0.1, 0.15) is 0 Å². The van der Waals surface area contributed by atoms with Gasteiger partial charge in [-0.25, -0.2) is 0 Å². The van der Waals surface area contributed by atoms with Crippen molar-refractivity contribution in [2.75, 3.05) is 11.9 Å². The molecular weight excluding hydrogens is 214 g/mol. The fourth-order valence-electron chi connectivity index (χ4n) is 0.974. The average molecular weight is 228 g/mol. The van der Waals surface area contributed by atoms with Gasteiger partial charge >= 0.3 is 0 Å². The molecule has 0 saturated heterocycles. The van der Waals surface area contributed by atoms with Gasteiger partial charge in [0.25, 0.3) is 0 Å². The molecule has 66 valence electrons. The van der Waals surface area contributed by atoms with E-state index in [4.69, 9.17) is 0 Å². The quantitative estimate of drug-likeness (QED) is 0.750. The van der Waals surface area contributed by atoms with Crippen molar-refractivity contribution < 1.29 is 0 Å². The van der Waals surface area contributed by atoms with Crippen molar-refractivity contribution in [3.63, 3.8) is 0 Å². The maximum absolute atomic E-state index is 3.41. The Kier molecular flexibility index (Phi) is 3.15. The Morgan fingerprint density at radius 1 is 1.17 bits per heavy atom. The summed E-state index contributed by atoms with van der Waals surface area (Å²) < 4.78 is 1.13. The molecular formula is C10H14BrN. The summed E-state index contributed by atoms with van der Waals surface area (Å²) in [6.07, 6.45) is 0. The molecule has 0 N–H and O–H groups in total. The molecule has 0 amide bonds. The smallest absolute Gasteiger partial charge is 0.0366 e. The molecule has 0 aliphatic heterocycles. The van der Waals surface area contributed by atoms with Gasteiger partial charge in [-0.05, 0) is 38.1 Å². The number of hydrogen-bond donors (Lipinski definition) is 0. The van der Waals surface area contributed by atoms with Gasteiger partial charge in [0.2, 0.25) is 0 Å². The van der Waals surface area contributed by atoms with Crippen LogP contribution in [0.25, 0.3) is 0 Å². The van der Waals surface area contributed by atoms with E-state index in [0.29, 0.717) is 6.04 Å². The van der Waals surface area contributed by atoms with E-state index in [0.717, 1.165) is 4.47 Å². The minimum atomic E-state index is 0.547. The van der Waals surface area contributed by atoms with E-state index in [1.165, 1.54) is 5.69 Å². The molecule has 0 aliphatic carbocycles. The Bertz CT molecular complexity index is 241. The first kappa shape index (κ1) is 9.59. The summed E-state index contributed by atoms with van der Waals surface area (Å²) in [5.41, 5.74) is 1.26. The van der Waals surface area contributed by atoms with E-state index in [9.17, 15) is 0 Å². The third kappa shape index (κ3) is 2.24. The highest BCUT2D eigenvalue weighted by atomic mass is 79.9. The SMILES string of the molecule is CC(C)N(C)c1ccc(Br)cc1. The van der Waals surface area contributed by atoms with Gasteiger partial charge in [-0.1, -0.05) is 15.9 Å². The van der Waals surface area contributed by atoms with E-state index < -0.39 is 0 Å². The standard InChI is InChI=1S/C10H14BrN/c1-8(2)12(3)10-6-4-9(11)5-7-10/h4-8H,1-3H3. The second-order valence-electron chi connectivity index (χ2n) is 3.18. The lowest BCUT2D eigenvalue weighted by Crippen LogP contribution is -2.25. The van der Waals surface area contributed by atoms with Crippen molar-refractivity contribution >= 4 is 21.6 Å². The van der Waals surface area contributed by atoms with Crippen LogP contribution in [0.5, 0.6) is 0 Å². The molecule has 0 spiro atoms. The summed E-state index contributed by atoms with van der Waals surface area (Å²) in [6, 6.07) is 8.91. The van der Waals surface area contributed by atoms with Crippen LogP contribution in [0.15, 0.2) is 28.7 Å². The Hall–Kier alpha value is -0.500. The van der Waals surface area contributed by atoms with Crippen molar-refractivity contribution in [1.82, 2.24) is 0 Å². The van der Waals surface area contributed by atoms with E-state index in [1.807, 2.05) is 0 Å². The predicted octanol–water partition coefficient (Wildman–Crippen LogP) is 3.29. The van der Waals surface area contributed by atoms with Crippen LogP contribution in [0, 0.1) is 0 Å². The zero-order valence-corrected chi connectivity index (χ0v) is 9.30. The number of benzene rings is 1. The summed E-state index contributed by atoms with van der Waals surface area (Å²) in [7, 11) is 2.11. The van der Waals surface area contributed by atoms with E-state index in [-0.39, 0.29) is 0 Å². The van der Waals surface area contributed by atoms with Crippen LogP contribution in [-0.4, -0.2) is 13.1 Å². The molecule has 0 aromatic heterocycles. The molecule has 1 aromatic carbocycles. The number of nitrogens with zero attached hydrogens (tertiary/aromatic N) is 1. The van der Waals surface area contributed by atoms with Gasteiger partial charge in [0.05, 0.1) is 0 Å². The van der Waals surface area contributed by atoms with Crippen molar-refractivity contribution in [2.24, 2.45) is 0 Å². The van der Waals surface area contributed by atoms with Crippen LogP contribution < -0.4 is 4.90 Å². The molecule has 0 bridgehead atoms. The zero-order chi connectivity index (χ0) is 9.14. The fraction of sp³-hybridized carbons (Fsp3) is 0.400. The Morgan fingerprint density at radius 3 is 2.08 bits per heavy atom. The zero-order valence-electron chi connectivity index (χ0n) is 7.71. The lowest BCUT2D eigenvalue weighted by molar-refractivity contribution is 0.755. The Balaban J connectivity index is 2.82. The molecule has 0 saturated carbocycles. The highest BCUT2D eigenvalue weighted by Crippen LogP contribution is 2.18. The first-order chi connectivity index (χ1) is 5.61. The second kappa shape index (κ2) is 3.94. The topological polar surface area (TPSA) is 3.24 Å². The van der Waals surface area contributed by atoms with Crippen LogP contribution in [0.3, 0.4) is 0 Å². The van der Waals surface area contributed by atoms with Gasteiger partial charge in [-0.15, -0.1) is 0 Å². The van der Waals surface area contributed by atoms with E-state index >= 15 is 0 Å². The molecule has 0 aliphatic rings. The summed E-state index contributed by atoms with van der Waals surface area (Å²) in [6.45, 7) is 4.37. The molecule has 0 heterocycles. The van der Waals surface area contributed by atoms with Crippen molar-refractivity contribution in [3.05, 3.63) is 28.7 Å². The van der Waals surface area contributed by atoms with Gasteiger partial charge in [-0.2, -0.15) is 0 Å². The average Bonchev–Trinajstić information content (AvgIpc) is 2.04. The molecule has 0 radical (unpaired) electrons. The van der Waals surface area contributed by atoms with Crippen molar-refractivity contribution in [3.8, 4) is 0 Å². The first-order valence-electron chi connectivity index (χ1n) is 4.09. The molecule has 1 nitrogen and oxygen atoms in total. The maximum atomic E-state index is 3.41. The lowest BCUT2D eigenvalue weighted by atomic mass is 10.2. The maximum Gasteiger partial charge on any atom is 0.0366 e. The Morgan fingerprint density at radius 2 is 1.67 bits per heavy atom. The van der Waals surface area contributed by atoms with E-state index in [2.05, 4.69) is 66.0 Å². The number of rotatable bonds is 2. The van der Waals surface area contributed by atoms with Gasteiger partial charge in [-0.3, -0.25) is 0 Å². The summed E-state index contributed by atoms with van der Waals surface area (Å²) in [5, 5.41) is 0. The van der Waals surface area contributed by atoms with Crippen LogP contribution in [0.2, 0.25) is 0 Å². The molecule has 1 aromatic rings. The van der Waals surface area contributed by atoms with Gasteiger partial charge in [0, 0.05) is 23.2 Å². The molecule has 0 unspecified atom stereocenters. The molecule has 1 rings (SSSR count). The van der Waals surface area contributed by atoms with Crippen LogP contribution >= 0.6 is 15.9 Å². The van der Waals surface area contributed by atoms with E-state index in [1.54, 1.807) is 0 Å². The van der Waals surface area contributed by atoms with Crippen LogP contribution in [0.4, 0.5) is 5.69 Å². The van der Waals surface area contributed by atoms with Crippen LogP contribution in [0.1, 0.15) is 13.8 Å². The third-order valence-corrected chi connectivity index (χ3v) is 2.54. The largest absolute Gasteiger partial charge is 0.372 e. The molecule has 0 fully saturated rings. The summed E-state index contributed by atoms with van der Waals surface area (Å²) in [4.78, 5) is 2.24. The van der Waals surface area contributed by atoms with Crippen molar-refractivity contribution in [2.45, 2.75) is 19.9 Å². The number of hydrogen-bond acceptors (Lipinski definition) is 1. The van der Waals surface area contributed by atoms with Gasteiger partial charge in [0.15, 0.2) is 0 Å². The summed E-state index contributed by atoms with van der Waals surface area (Å²) in [5.74, 6) is 0. The highest BCUT2D eigenvalue weighted by Gasteiger charge is 2.02. The minimum Gasteiger partial charge on any atom is -0.372 e. The third-order valence-electron chi connectivity index (χ3n) is 2.01.